The number of rotatable bonds is 5. The van der Waals surface area contributed by atoms with Crippen molar-refractivity contribution in [3.63, 3.8) is 0 Å². The Hall–Kier alpha value is -1.01. The van der Waals surface area contributed by atoms with Crippen molar-refractivity contribution in [1.82, 2.24) is 5.32 Å². The smallest absolute Gasteiger partial charge is 0.320 e. The topological polar surface area (TPSA) is 49.3 Å². The zero-order valence-corrected chi connectivity index (χ0v) is 7.50. The first kappa shape index (κ1) is 11.0. The summed E-state index contributed by atoms with van der Waals surface area (Å²) in [6.07, 6.45) is 6.56. The fourth-order valence-electron chi connectivity index (χ4n) is 0.917. The molecule has 0 heterocycles. The third-order valence-corrected chi connectivity index (χ3v) is 1.58. The van der Waals surface area contributed by atoms with E-state index in [1.54, 1.807) is 6.92 Å². The molecule has 0 aromatic rings. The Labute approximate surface area is 73.2 Å². The molecule has 3 nitrogen and oxygen atoms in total. The zero-order valence-electron chi connectivity index (χ0n) is 7.50. The summed E-state index contributed by atoms with van der Waals surface area (Å²) in [6.45, 7) is 3.71. The van der Waals surface area contributed by atoms with Crippen LogP contribution in [0.4, 0.5) is 0 Å². The molecule has 0 saturated heterocycles. The van der Waals surface area contributed by atoms with Crippen molar-refractivity contribution in [2.45, 2.75) is 38.8 Å². The lowest BCUT2D eigenvalue weighted by Crippen LogP contribution is -2.41. The average molecular weight is 169 g/mol. The predicted octanol–water partition coefficient (Wildman–Crippen LogP) is 0.851. The van der Waals surface area contributed by atoms with Crippen molar-refractivity contribution in [3.05, 3.63) is 0 Å². The molecule has 0 radical (unpaired) electrons. The molecule has 2 unspecified atom stereocenters. The highest BCUT2D eigenvalue weighted by atomic mass is 16.4. The number of nitrogens with one attached hydrogen (secondary N) is 1. The van der Waals surface area contributed by atoms with Crippen LogP contribution < -0.4 is 5.32 Å². The summed E-state index contributed by atoms with van der Waals surface area (Å²) in [5.41, 5.74) is 0. The van der Waals surface area contributed by atoms with Crippen LogP contribution in [-0.4, -0.2) is 23.2 Å². The van der Waals surface area contributed by atoms with E-state index in [1.165, 1.54) is 0 Å². The molecule has 0 saturated carbocycles. The van der Waals surface area contributed by atoms with Crippen LogP contribution in [0.3, 0.4) is 0 Å². The van der Waals surface area contributed by atoms with Gasteiger partial charge in [-0.2, -0.15) is 0 Å². The van der Waals surface area contributed by atoms with Crippen LogP contribution in [0.15, 0.2) is 0 Å². The van der Waals surface area contributed by atoms with Gasteiger partial charge in [-0.1, -0.05) is 19.3 Å². The van der Waals surface area contributed by atoms with E-state index < -0.39 is 12.0 Å². The van der Waals surface area contributed by atoms with Crippen LogP contribution >= 0.6 is 0 Å². The fourth-order valence-corrected chi connectivity index (χ4v) is 0.917. The first-order chi connectivity index (χ1) is 5.61. The normalized spacial score (nSPS) is 14.8. The molecule has 12 heavy (non-hydrogen) atoms. The average Bonchev–Trinajstić information content (AvgIpc) is 2.03. The number of hydrogen-bond acceptors (Lipinski definition) is 2. The van der Waals surface area contributed by atoms with Gasteiger partial charge in [-0.3, -0.25) is 10.1 Å². The minimum atomic E-state index is -0.834. The van der Waals surface area contributed by atoms with Crippen molar-refractivity contribution in [2.24, 2.45) is 0 Å². The van der Waals surface area contributed by atoms with Crippen LogP contribution in [0.1, 0.15) is 26.7 Å². The summed E-state index contributed by atoms with van der Waals surface area (Å²) in [5, 5.41) is 11.5. The number of carboxylic acid groups (broad SMARTS) is 1. The molecule has 0 aromatic heterocycles. The minimum absolute atomic E-state index is 0.183. The lowest BCUT2D eigenvalue weighted by molar-refractivity contribution is -0.139. The molecule has 2 atom stereocenters. The van der Waals surface area contributed by atoms with E-state index >= 15 is 0 Å². The summed E-state index contributed by atoms with van der Waals surface area (Å²) in [5.74, 6) is 1.60. The number of terminal acetylenes is 1. The van der Waals surface area contributed by atoms with E-state index in [9.17, 15) is 4.79 Å². The van der Waals surface area contributed by atoms with Crippen LogP contribution in [0.2, 0.25) is 0 Å². The predicted molar refractivity (Wildman–Crippen MR) is 47.8 cm³/mol. The van der Waals surface area contributed by atoms with Gasteiger partial charge in [-0.05, 0) is 13.3 Å². The number of carboxylic acids is 1. The van der Waals surface area contributed by atoms with E-state index in [0.29, 0.717) is 6.42 Å². The summed E-state index contributed by atoms with van der Waals surface area (Å²) in [4.78, 5) is 10.6. The molecule has 68 valence electrons. The Morgan fingerprint density at radius 3 is 2.67 bits per heavy atom. The summed E-state index contributed by atoms with van der Waals surface area (Å²) in [6, 6.07) is -0.696. The van der Waals surface area contributed by atoms with E-state index in [2.05, 4.69) is 11.2 Å². The van der Waals surface area contributed by atoms with E-state index in [0.717, 1.165) is 6.42 Å². The summed E-state index contributed by atoms with van der Waals surface area (Å²) in [7, 11) is 0. The second-order valence-corrected chi connectivity index (χ2v) is 2.73. The van der Waals surface area contributed by atoms with Crippen LogP contribution in [-0.2, 0) is 4.79 Å². The van der Waals surface area contributed by atoms with Gasteiger partial charge in [0.1, 0.15) is 6.04 Å². The quantitative estimate of drug-likeness (QED) is 0.600. The van der Waals surface area contributed by atoms with Crippen LogP contribution in [0.5, 0.6) is 0 Å². The van der Waals surface area contributed by atoms with Gasteiger partial charge in [-0.25, -0.2) is 0 Å². The number of carbonyl (C=O) groups is 1. The molecular formula is C9H15NO2. The van der Waals surface area contributed by atoms with Crippen molar-refractivity contribution in [3.8, 4) is 12.3 Å². The molecule has 0 aliphatic rings. The van der Waals surface area contributed by atoms with Gasteiger partial charge >= 0.3 is 5.97 Å². The van der Waals surface area contributed by atoms with Crippen molar-refractivity contribution < 1.29 is 9.90 Å². The molecule has 0 amide bonds. The van der Waals surface area contributed by atoms with Crippen molar-refractivity contribution in [1.29, 1.82) is 0 Å². The molecule has 0 fully saturated rings. The summed E-state index contributed by atoms with van der Waals surface area (Å²) < 4.78 is 0. The third kappa shape index (κ3) is 3.99. The molecule has 0 bridgehead atoms. The van der Waals surface area contributed by atoms with Gasteiger partial charge in [-0.15, -0.1) is 6.42 Å². The minimum Gasteiger partial charge on any atom is -0.480 e. The fraction of sp³-hybridized carbons (Fsp3) is 0.667. The first-order valence-electron chi connectivity index (χ1n) is 4.06. The van der Waals surface area contributed by atoms with E-state index in [1.807, 2.05) is 6.92 Å². The third-order valence-electron chi connectivity index (χ3n) is 1.58. The molecule has 0 aliphatic heterocycles. The second-order valence-electron chi connectivity index (χ2n) is 2.73. The zero-order chi connectivity index (χ0) is 9.56. The molecule has 0 aromatic carbocycles. The highest BCUT2D eigenvalue weighted by Crippen LogP contribution is 1.97. The maximum Gasteiger partial charge on any atom is 0.320 e. The highest BCUT2D eigenvalue weighted by molar-refractivity contribution is 5.73. The molecular weight excluding hydrogens is 154 g/mol. The highest BCUT2D eigenvalue weighted by Gasteiger charge is 2.16. The Balaban J connectivity index is 3.97. The van der Waals surface area contributed by atoms with Crippen LogP contribution in [0.25, 0.3) is 0 Å². The molecule has 2 N–H and O–H groups in total. The van der Waals surface area contributed by atoms with Gasteiger partial charge in [0, 0.05) is 0 Å². The molecule has 3 heteroatoms. The largest absolute Gasteiger partial charge is 0.480 e. The van der Waals surface area contributed by atoms with Gasteiger partial charge in [0.25, 0.3) is 0 Å². The lowest BCUT2D eigenvalue weighted by Gasteiger charge is -2.15. The maximum absolute atomic E-state index is 10.6. The maximum atomic E-state index is 10.6. The van der Waals surface area contributed by atoms with Crippen LogP contribution in [0, 0.1) is 12.3 Å². The SMILES string of the molecule is C#CC(C)NC(CCC)C(=O)O. The van der Waals surface area contributed by atoms with E-state index in [-0.39, 0.29) is 6.04 Å². The van der Waals surface area contributed by atoms with Crippen molar-refractivity contribution in [2.75, 3.05) is 0 Å². The van der Waals surface area contributed by atoms with Gasteiger partial charge in [0.2, 0.25) is 0 Å². The second kappa shape index (κ2) is 5.62. The number of hydrogen-bond donors (Lipinski definition) is 2. The van der Waals surface area contributed by atoms with E-state index in [4.69, 9.17) is 11.5 Å². The number of aliphatic carboxylic acids is 1. The van der Waals surface area contributed by atoms with Gasteiger partial charge < -0.3 is 5.11 Å². The monoisotopic (exact) mass is 169 g/mol. The Morgan fingerprint density at radius 1 is 1.75 bits per heavy atom. The molecule has 0 aliphatic carbocycles. The Kier molecular flexibility index (Phi) is 5.14. The lowest BCUT2D eigenvalue weighted by atomic mass is 10.1. The Bertz CT molecular complexity index is 183. The molecule has 0 spiro atoms. The molecule has 0 rings (SSSR count). The standard InChI is InChI=1S/C9H15NO2/c1-4-6-8(9(11)12)10-7(3)5-2/h2,7-8,10H,4,6H2,1,3H3,(H,11,12). The van der Waals surface area contributed by atoms with Crippen molar-refractivity contribution >= 4 is 5.97 Å². The van der Waals surface area contributed by atoms with Gasteiger partial charge in [0.05, 0.1) is 6.04 Å². The Morgan fingerprint density at radius 2 is 2.33 bits per heavy atom. The summed E-state index contributed by atoms with van der Waals surface area (Å²) >= 11 is 0. The van der Waals surface area contributed by atoms with Gasteiger partial charge in [0.15, 0.2) is 0 Å². The first-order valence-corrected chi connectivity index (χ1v) is 4.06.